The predicted molar refractivity (Wildman–Crippen MR) is 74.4 cm³/mol. The van der Waals surface area contributed by atoms with Crippen LogP contribution in [0.2, 0.25) is 0 Å². The molecule has 0 saturated carbocycles. The van der Waals surface area contributed by atoms with Crippen LogP contribution in [0.4, 0.5) is 0 Å². The third-order valence-corrected chi connectivity index (χ3v) is 4.58. The van der Waals surface area contributed by atoms with E-state index in [0.717, 1.165) is 15.9 Å². The molecular formula is C12H14BrN3S. The Morgan fingerprint density at radius 2 is 2.12 bits per heavy atom. The molecule has 2 heterocycles. The fourth-order valence-electron chi connectivity index (χ4n) is 1.80. The van der Waals surface area contributed by atoms with Gasteiger partial charge in [0.15, 0.2) is 0 Å². The Morgan fingerprint density at radius 3 is 2.71 bits per heavy atom. The van der Waals surface area contributed by atoms with Crippen molar-refractivity contribution in [1.82, 2.24) is 15.5 Å². The second-order valence-corrected chi connectivity index (χ2v) is 5.68. The summed E-state index contributed by atoms with van der Waals surface area (Å²) in [6, 6.07) is 4.33. The highest BCUT2D eigenvalue weighted by molar-refractivity contribution is 9.10. The number of halogens is 1. The molecule has 1 unspecified atom stereocenters. The van der Waals surface area contributed by atoms with Crippen molar-refractivity contribution >= 4 is 27.3 Å². The van der Waals surface area contributed by atoms with Crippen LogP contribution in [0.25, 0.3) is 0 Å². The van der Waals surface area contributed by atoms with Gasteiger partial charge in [0.2, 0.25) is 0 Å². The van der Waals surface area contributed by atoms with Gasteiger partial charge in [0, 0.05) is 9.35 Å². The Hall–Kier alpha value is -0.780. The summed E-state index contributed by atoms with van der Waals surface area (Å²) in [4.78, 5) is 1.27. The zero-order chi connectivity index (χ0) is 12.4. The predicted octanol–water partition coefficient (Wildman–Crippen LogP) is 3.23. The van der Waals surface area contributed by atoms with Crippen LogP contribution in [0.1, 0.15) is 27.9 Å². The molecule has 0 aliphatic carbocycles. The number of nitrogens with one attached hydrogen (secondary N) is 1. The summed E-state index contributed by atoms with van der Waals surface area (Å²) in [7, 11) is 1.96. The van der Waals surface area contributed by atoms with E-state index >= 15 is 0 Å². The third-order valence-electron chi connectivity index (χ3n) is 2.65. The average molecular weight is 312 g/mol. The summed E-state index contributed by atoms with van der Waals surface area (Å²) in [5, 5.41) is 13.7. The smallest absolute Gasteiger partial charge is 0.0699 e. The molecule has 0 aliphatic rings. The number of hydrogen-bond donors (Lipinski definition) is 1. The first-order valence-electron chi connectivity index (χ1n) is 5.34. The van der Waals surface area contributed by atoms with Gasteiger partial charge in [-0.25, -0.2) is 0 Å². The third kappa shape index (κ3) is 2.56. The van der Waals surface area contributed by atoms with E-state index in [1.165, 1.54) is 10.4 Å². The Morgan fingerprint density at radius 1 is 1.35 bits per heavy atom. The molecule has 0 aliphatic heterocycles. The van der Waals surface area contributed by atoms with Crippen LogP contribution in [0.5, 0.6) is 0 Å². The van der Waals surface area contributed by atoms with Crippen LogP contribution >= 0.6 is 27.3 Å². The average Bonchev–Trinajstić information content (AvgIpc) is 2.71. The van der Waals surface area contributed by atoms with Gasteiger partial charge in [0.25, 0.3) is 0 Å². The molecule has 1 N–H and O–H groups in total. The Balaban J connectivity index is 2.49. The minimum atomic E-state index is 0.165. The fourth-order valence-corrected chi connectivity index (χ4v) is 3.53. The van der Waals surface area contributed by atoms with Crippen molar-refractivity contribution in [2.45, 2.75) is 19.9 Å². The molecule has 0 spiro atoms. The van der Waals surface area contributed by atoms with Crippen LogP contribution < -0.4 is 5.32 Å². The number of aromatic nitrogens is 2. The van der Waals surface area contributed by atoms with Gasteiger partial charge in [-0.05, 0) is 59.9 Å². The highest BCUT2D eigenvalue weighted by atomic mass is 79.9. The van der Waals surface area contributed by atoms with E-state index in [1.54, 1.807) is 11.3 Å². The minimum Gasteiger partial charge on any atom is -0.309 e. The summed E-state index contributed by atoms with van der Waals surface area (Å²) < 4.78 is 1.13. The van der Waals surface area contributed by atoms with Crippen molar-refractivity contribution in [1.29, 1.82) is 0 Å². The van der Waals surface area contributed by atoms with Crippen molar-refractivity contribution in [2.24, 2.45) is 0 Å². The normalized spacial score (nSPS) is 12.7. The molecule has 0 radical (unpaired) electrons. The van der Waals surface area contributed by atoms with E-state index in [2.05, 4.69) is 49.0 Å². The molecule has 1 atom stereocenters. The van der Waals surface area contributed by atoms with E-state index < -0.39 is 0 Å². The summed E-state index contributed by atoms with van der Waals surface area (Å²) in [5.74, 6) is 0. The van der Waals surface area contributed by atoms with Gasteiger partial charge in [0.05, 0.1) is 17.4 Å². The van der Waals surface area contributed by atoms with E-state index in [4.69, 9.17) is 0 Å². The first-order valence-corrected chi connectivity index (χ1v) is 7.01. The van der Waals surface area contributed by atoms with Crippen LogP contribution in [0, 0.1) is 13.8 Å². The van der Waals surface area contributed by atoms with Gasteiger partial charge in [-0.1, -0.05) is 0 Å². The van der Waals surface area contributed by atoms with Crippen molar-refractivity contribution in [3.8, 4) is 0 Å². The van der Waals surface area contributed by atoms with Crippen molar-refractivity contribution in [2.75, 3.05) is 7.05 Å². The number of aryl methyl sites for hydroxylation is 2. The Bertz CT molecular complexity index is 524. The maximum Gasteiger partial charge on any atom is 0.0699 e. The summed E-state index contributed by atoms with van der Waals surface area (Å²) in [6.07, 6.45) is 0. The highest BCUT2D eigenvalue weighted by Gasteiger charge is 2.19. The lowest BCUT2D eigenvalue weighted by Gasteiger charge is -2.17. The van der Waals surface area contributed by atoms with Gasteiger partial charge in [0.1, 0.15) is 0 Å². The largest absolute Gasteiger partial charge is 0.309 e. The first-order chi connectivity index (χ1) is 8.13. The Labute approximate surface area is 113 Å². The molecule has 17 heavy (non-hydrogen) atoms. The SMILES string of the molecule is CNC(c1cc(C)nnc1C)c1sccc1Br. The monoisotopic (exact) mass is 311 g/mol. The van der Waals surface area contributed by atoms with E-state index in [0.29, 0.717) is 0 Å². The standard InChI is InChI=1S/C12H14BrN3S/c1-7-6-9(8(2)16-15-7)11(14-3)12-10(13)4-5-17-12/h4-6,11,14H,1-3H3. The minimum absolute atomic E-state index is 0.165. The number of thiophene rings is 1. The number of nitrogens with zero attached hydrogens (tertiary/aromatic N) is 2. The molecule has 5 heteroatoms. The second kappa shape index (κ2) is 5.25. The van der Waals surface area contributed by atoms with Gasteiger partial charge < -0.3 is 5.32 Å². The number of rotatable bonds is 3. The van der Waals surface area contributed by atoms with Gasteiger partial charge >= 0.3 is 0 Å². The van der Waals surface area contributed by atoms with E-state index in [9.17, 15) is 0 Å². The van der Waals surface area contributed by atoms with E-state index in [1.807, 2.05) is 20.9 Å². The molecule has 2 rings (SSSR count). The fraction of sp³-hybridized carbons (Fsp3) is 0.333. The molecule has 90 valence electrons. The first kappa shape index (κ1) is 12.7. The van der Waals surface area contributed by atoms with Gasteiger partial charge in [-0.2, -0.15) is 10.2 Å². The molecule has 2 aromatic rings. The van der Waals surface area contributed by atoms with Crippen LogP contribution in [0.15, 0.2) is 22.0 Å². The van der Waals surface area contributed by atoms with Crippen LogP contribution in [-0.4, -0.2) is 17.2 Å². The molecule has 2 aromatic heterocycles. The van der Waals surface area contributed by atoms with Gasteiger partial charge in [-0.15, -0.1) is 11.3 Å². The highest BCUT2D eigenvalue weighted by Crippen LogP contribution is 2.33. The van der Waals surface area contributed by atoms with Crippen molar-refractivity contribution in [3.63, 3.8) is 0 Å². The molecule has 0 fully saturated rings. The quantitative estimate of drug-likeness (QED) is 0.945. The molecule has 0 amide bonds. The second-order valence-electron chi connectivity index (χ2n) is 3.88. The van der Waals surface area contributed by atoms with Crippen LogP contribution in [0.3, 0.4) is 0 Å². The molecule has 0 aromatic carbocycles. The summed E-state index contributed by atoms with van der Waals surface area (Å²) in [5.41, 5.74) is 3.09. The van der Waals surface area contributed by atoms with Crippen molar-refractivity contribution < 1.29 is 0 Å². The zero-order valence-electron chi connectivity index (χ0n) is 9.99. The molecule has 0 saturated heterocycles. The molecular weight excluding hydrogens is 298 g/mol. The van der Waals surface area contributed by atoms with E-state index in [-0.39, 0.29) is 6.04 Å². The molecule has 0 bridgehead atoms. The summed E-state index contributed by atoms with van der Waals surface area (Å²) in [6.45, 7) is 3.96. The summed E-state index contributed by atoms with van der Waals surface area (Å²) >= 11 is 5.32. The lowest BCUT2D eigenvalue weighted by atomic mass is 10.0. The zero-order valence-corrected chi connectivity index (χ0v) is 12.4. The lowest BCUT2D eigenvalue weighted by molar-refractivity contribution is 0.684. The Kier molecular flexibility index (Phi) is 3.91. The maximum absolute atomic E-state index is 4.19. The number of hydrogen-bond acceptors (Lipinski definition) is 4. The topological polar surface area (TPSA) is 37.8 Å². The lowest BCUT2D eigenvalue weighted by Crippen LogP contribution is -2.19. The van der Waals surface area contributed by atoms with Crippen LogP contribution in [-0.2, 0) is 0 Å². The molecule has 3 nitrogen and oxygen atoms in total. The van der Waals surface area contributed by atoms with Crippen molar-refractivity contribution in [3.05, 3.63) is 43.8 Å². The van der Waals surface area contributed by atoms with Gasteiger partial charge in [-0.3, -0.25) is 0 Å². The maximum atomic E-state index is 4.19.